The maximum Gasteiger partial charge on any atom is 0.270 e. The van der Waals surface area contributed by atoms with Gasteiger partial charge in [-0.2, -0.15) is 0 Å². The monoisotopic (exact) mass is 396 g/mol. The molecule has 2 rings (SSSR count). The Bertz CT molecular complexity index is 868. The molecule has 0 saturated heterocycles. The van der Waals surface area contributed by atoms with Gasteiger partial charge >= 0.3 is 0 Å². The quantitative estimate of drug-likeness (QED) is 0.730. The zero-order valence-electron chi connectivity index (χ0n) is 15.5. The van der Waals surface area contributed by atoms with Crippen LogP contribution in [0, 0.1) is 0 Å². The molecule has 0 bridgehead atoms. The molecule has 142 valence electrons. The number of hydrogen-bond donors (Lipinski definition) is 2. The molecule has 0 aliphatic heterocycles. The van der Waals surface area contributed by atoms with Crippen molar-refractivity contribution in [3.05, 3.63) is 35.4 Å². The summed E-state index contributed by atoms with van der Waals surface area (Å²) in [5, 5.41) is 10.0. The van der Waals surface area contributed by atoms with Gasteiger partial charge in [-0.05, 0) is 23.5 Å². The van der Waals surface area contributed by atoms with Gasteiger partial charge in [0.25, 0.3) is 10.0 Å². The Balaban J connectivity index is 2.12. The highest BCUT2D eigenvalue weighted by Crippen LogP contribution is 2.25. The minimum absolute atomic E-state index is 0.0349. The van der Waals surface area contributed by atoms with E-state index in [9.17, 15) is 13.2 Å². The van der Waals surface area contributed by atoms with Gasteiger partial charge in [0.1, 0.15) is 0 Å². The van der Waals surface area contributed by atoms with E-state index in [0.29, 0.717) is 0 Å². The molecule has 0 fully saturated rings. The number of rotatable bonds is 6. The van der Waals surface area contributed by atoms with E-state index in [1.165, 1.54) is 5.56 Å². The van der Waals surface area contributed by atoms with E-state index in [4.69, 9.17) is 0 Å². The predicted molar refractivity (Wildman–Crippen MR) is 103 cm³/mol. The van der Waals surface area contributed by atoms with Gasteiger partial charge in [-0.3, -0.25) is 4.79 Å². The fourth-order valence-electron chi connectivity index (χ4n) is 2.20. The molecule has 0 saturated carbocycles. The SMILES string of the molecule is CCC(=O)Nc1nnc(S(=O)(=O)NC(C)c2ccc(C(C)(C)C)cc2)s1. The summed E-state index contributed by atoms with van der Waals surface area (Å²) in [5.74, 6) is -0.245. The molecule has 0 aliphatic rings. The van der Waals surface area contributed by atoms with E-state index in [2.05, 4.69) is 41.0 Å². The molecule has 7 nitrogen and oxygen atoms in total. The van der Waals surface area contributed by atoms with Crippen LogP contribution >= 0.6 is 11.3 Å². The second-order valence-electron chi connectivity index (χ2n) is 6.99. The lowest BCUT2D eigenvalue weighted by molar-refractivity contribution is -0.115. The Kier molecular flexibility index (Phi) is 6.15. The van der Waals surface area contributed by atoms with Gasteiger partial charge in [0.15, 0.2) is 0 Å². The van der Waals surface area contributed by atoms with E-state index in [-0.39, 0.29) is 27.2 Å². The van der Waals surface area contributed by atoms with Gasteiger partial charge in [0, 0.05) is 12.5 Å². The van der Waals surface area contributed by atoms with Crippen molar-refractivity contribution in [2.45, 2.75) is 56.8 Å². The van der Waals surface area contributed by atoms with E-state index in [1.54, 1.807) is 13.8 Å². The summed E-state index contributed by atoms with van der Waals surface area (Å²) < 4.78 is 27.4. The van der Waals surface area contributed by atoms with Crippen molar-refractivity contribution < 1.29 is 13.2 Å². The molecule has 9 heteroatoms. The first-order chi connectivity index (χ1) is 12.0. The van der Waals surface area contributed by atoms with Gasteiger partial charge in [0.05, 0.1) is 0 Å². The highest BCUT2D eigenvalue weighted by Gasteiger charge is 2.24. The standard InChI is InChI=1S/C17H24N4O3S2/c1-6-14(22)18-15-19-20-16(25-15)26(23,24)21-11(2)12-7-9-13(10-8-12)17(3,4)5/h7-11,21H,6H2,1-5H3,(H,18,19,22). The molecule has 1 aromatic carbocycles. The van der Waals surface area contributed by atoms with Crippen LogP contribution in [0.15, 0.2) is 28.6 Å². The molecule has 26 heavy (non-hydrogen) atoms. The second-order valence-corrected chi connectivity index (χ2v) is 9.86. The molecule has 0 spiro atoms. The highest BCUT2D eigenvalue weighted by molar-refractivity contribution is 7.91. The number of carbonyl (C=O) groups excluding carboxylic acids is 1. The smallest absolute Gasteiger partial charge is 0.270 e. The third-order valence-corrected chi connectivity index (χ3v) is 6.56. The Morgan fingerprint density at radius 2 is 1.81 bits per heavy atom. The molecular weight excluding hydrogens is 372 g/mol. The summed E-state index contributed by atoms with van der Waals surface area (Å²) in [6.07, 6.45) is 0.279. The Hall–Kier alpha value is -1.84. The van der Waals surface area contributed by atoms with Gasteiger partial charge in [-0.25, -0.2) is 13.1 Å². The van der Waals surface area contributed by atoms with Crippen molar-refractivity contribution in [1.29, 1.82) is 0 Å². The number of anilines is 1. The van der Waals surface area contributed by atoms with Crippen LogP contribution in [-0.4, -0.2) is 24.5 Å². The van der Waals surface area contributed by atoms with E-state index in [1.807, 2.05) is 24.3 Å². The van der Waals surface area contributed by atoms with Crippen molar-refractivity contribution >= 4 is 32.4 Å². The van der Waals surface area contributed by atoms with Crippen LogP contribution in [0.3, 0.4) is 0 Å². The maximum absolute atomic E-state index is 12.5. The van der Waals surface area contributed by atoms with Crippen LogP contribution < -0.4 is 10.0 Å². The number of benzene rings is 1. The summed E-state index contributed by atoms with van der Waals surface area (Å²) in [6.45, 7) is 9.84. The van der Waals surface area contributed by atoms with Crippen molar-refractivity contribution in [3.63, 3.8) is 0 Å². The first-order valence-corrected chi connectivity index (χ1v) is 10.6. The molecule has 1 unspecified atom stereocenters. The Labute approximate surface area is 158 Å². The third-order valence-electron chi connectivity index (χ3n) is 3.81. The average Bonchev–Trinajstić information content (AvgIpc) is 3.03. The molecule has 1 atom stereocenters. The summed E-state index contributed by atoms with van der Waals surface area (Å²) in [6, 6.07) is 7.42. The third kappa shape index (κ3) is 5.09. The average molecular weight is 397 g/mol. The van der Waals surface area contributed by atoms with Gasteiger partial charge in [-0.15, -0.1) is 10.2 Å². The maximum atomic E-state index is 12.5. The number of aromatic nitrogens is 2. The van der Waals surface area contributed by atoms with Crippen LogP contribution in [0.1, 0.15) is 58.2 Å². The topological polar surface area (TPSA) is 101 Å². The first kappa shape index (κ1) is 20.5. The minimum Gasteiger partial charge on any atom is -0.301 e. The molecule has 1 amide bonds. The van der Waals surface area contributed by atoms with Crippen molar-refractivity contribution in [3.8, 4) is 0 Å². The second kappa shape index (κ2) is 7.81. The first-order valence-electron chi connectivity index (χ1n) is 8.29. The van der Waals surface area contributed by atoms with Crippen LogP contribution in [0.2, 0.25) is 0 Å². The summed E-state index contributed by atoms with van der Waals surface area (Å²) in [5.41, 5.74) is 2.06. The fraction of sp³-hybridized carbons (Fsp3) is 0.471. The Morgan fingerprint density at radius 3 is 2.35 bits per heavy atom. The lowest BCUT2D eigenvalue weighted by Gasteiger charge is -2.20. The van der Waals surface area contributed by atoms with Gasteiger partial charge in [-0.1, -0.05) is 63.3 Å². The number of hydrogen-bond acceptors (Lipinski definition) is 6. The van der Waals surface area contributed by atoms with Crippen molar-refractivity contribution in [1.82, 2.24) is 14.9 Å². The van der Waals surface area contributed by atoms with Gasteiger partial charge < -0.3 is 5.32 Å². The van der Waals surface area contributed by atoms with Crippen LogP contribution in [-0.2, 0) is 20.2 Å². The number of sulfonamides is 1. The molecule has 0 aliphatic carbocycles. The van der Waals surface area contributed by atoms with Crippen LogP contribution in [0.25, 0.3) is 0 Å². The molecule has 2 aromatic rings. The summed E-state index contributed by atoms with van der Waals surface area (Å²) in [4.78, 5) is 11.4. The number of carbonyl (C=O) groups is 1. The minimum atomic E-state index is -3.82. The van der Waals surface area contributed by atoms with Crippen LogP contribution in [0.5, 0.6) is 0 Å². The lowest BCUT2D eigenvalue weighted by Crippen LogP contribution is -2.27. The van der Waals surface area contributed by atoms with Crippen molar-refractivity contribution in [2.24, 2.45) is 0 Å². The molecule has 1 heterocycles. The fourth-order valence-corrected chi connectivity index (χ4v) is 4.36. The van der Waals surface area contributed by atoms with Gasteiger partial charge in [0.2, 0.25) is 15.4 Å². The number of nitrogens with one attached hydrogen (secondary N) is 2. The largest absolute Gasteiger partial charge is 0.301 e. The number of nitrogens with zero attached hydrogens (tertiary/aromatic N) is 2. The molecule has 1 aromatic heterocycles. The van der Waals surface area contributed by atoms with E-state index in [0.717, 1.165) is 16.9 Å². The lowest BCUT2D eigenvalue weighted by atomic mass is 9.86. The summed E-state index contributed by atoms with van der Waals surface area (Å²) in [7, 11) is -3.82. The molecule has 0 radical (unpaired) electrons. The molecule has 2 N–H and O–H groups in total. The summed E-state index contributed by atoms with van der Waals surface area (Å²) >= 11 is 0.822. The predicted octanol–water partition coefficient (Wildman–Crippen LogP) is 3.22. The highest BCUT2D eigenvalue weighted by atomic mass is 32.2. The molecular formula is C17H24N4O3S2. The normalized spacial score (nSPS) is 13.4. The van der Waals surface area contributed by atoms with Crippen molar-refractivity contribution in [2.75, 3.05) is 5.32 Å². The number of amides is 1. The van der Waals surface area contributed by atoms with Crippen LogP contribution in [0.4, 0.5) is 5.13 Å². The zero-order valence-corrected chi connectivity index (χ0v) is 17.2. The van der Waals surface area contributed by atoms with E-state index >= 15 is 0 Å². The zero-order chi connectivity index (χ0) is 19.5. The Morgan fingerprint density at radius 1 is 1.19 bits per heavy atom. The van der Waals surface area contributed by atoms with E-state index < -0.39 is 16.1 Å².